The fourth-order valence-corrected chi connectivity index (χ4v) is 1.75. The lowest BCUT2D eigenvalue weighted by atomic mass is 10.3. The average Bonchev–Trinajstić information content (AvgIpc) is 2.26. The second-order valence-corrected chi connectivity index (χ2v) is 3.82. The minimum absolute atomic E-state index is 0.187. The molecule has 0 unspecified atom stereocenters. The Labute approximate surface area is 91.8 Å². The number of hydrogen-bond acceptors (Lipinski definition) is 3. The van der Waals surface area contributed by atoms with Crippen molar-refractivity contribution in [3.8, 4) is 0 Å². The molecule has 0 spiro atoms. The van der Waals surface area contributed by atoms with Crippen molar-refractivity contribution in [1.82, 2.24) is 20.4 Å². The molecule has 1 aliphatic rings. The van der Waals surface area contributed by atoms with Crippen LogP contribution in [0.15, 0.2) is 0 Å². The normalized spacial score (nSPS) is 17.3. The van der Waals surface area contributed by atoms with Gasteiger partial charge in [0.15, 0.2) is 0 Å². The van der Waals surface area contributed by atoms with E-state index >= 15 is 0 Å². The number of carbonyl (C=O) groups is 1. The molecular formula is C10H22N4O. The Balaban J connectivity index is 2.36. The first-order valence-corrected chi connectivity index (χ1v) is 5.62. The number of carbonyl (C=O) groups excluding carboxylic acids is 1. The highest BCUT2D eigenvalue weighted by Crippen LogP contribution is 2.07. The Morgan fingerprint density at radius 3 is 1.93 bits per heavy atom. The van der Waals surface area contributed by atoms with E-state index in [2.05, 4.69) is 10.6 Å². The lowest BCUT2D eigenvalue weighted by molar-refractivity contribution is 0.131. The van der Waals surface area contributed by atoms with E-state index in [1.807, 2.05) is 23.9 Å². The summed E-state index contributed by atoms with van der Waals surface area (Å²) in [6.07, 6.45) is 1.08. The van der Waals surface area contributed by atoms with Gasteiger partial charge in [-0.15, -0.1) is 0 Å². The van der Waals surface area contributed by atoms with Gasteiger partial charge < -0.3 is 20.4 Å². The Morgan fingerprint density at radius 2 is 1.53 bits per heavy atom. The van der Waals surface area contributed by atoms with Gasteiger partial charge in [0.25, 0.3) is 0 Å². The van der Waals surface area contributed by atoms with Gasteiger partial charge in [0.05, 0.1) is 0 Å². The van der Waals surface area contributed by atoms with E-state index in [1.54, 1.807) is 0 Å². The molecule has 1 heterocycles. The average molecular weight is 214 g/mol. The minimum Gasteiger partial charge on any atom is -0.323 e. The van der Waals surface area contributed by atoms with Gasteiger partial charge in [-0.3, -0.25) is 0 Å². The standard InChI is InChI=1S/C10H22N4O/c1-11-4-8-13-6-3-7-14(10(13)15)9-5-12-2/h11-12H,3-9H2,1-2H3. The topological polar surface area (TPSA) is 47.6 Å². The second kappa shape index (κ2) is 6.63. The van der Waals surface area contributed by atoms with Crippen molar-refractivity contribution < 1.29 is 4.79 Å². The molecule has 88 valence electrons. The summed E-state index contributed by atoms with van der Waals surface area (Å²) in [5, 5.41) is 6.14. The number of amides is 2. The third-order valence-corrected chi connectivity index (χ3v) is 2.66. The zero-order chi connectivity index (χ0) is 11.1. The molecule has 0 radical (unpaired) electrons. The van der Waals surface area contributed by atoms with Gasteiger partial charge in [0.2, 0.25) is 0 Å². The maximum Gasteiger partial charge on any atom is 0.320 e. The van der Waals surface area contributed by atoms with Crippen LogP contribution in [-0.4, -0.2) is 69.2 Å². The largest absolute Gasteiger partial charge is 0.323 e. The van der Waals surface area contributed by atoms with Crippen LogP contribution < -0.4 is 10.6 Å². The summed E-state index contributed by atoms with van der Waals surface area (Å²) in [7, 11) is 3.82. The lowest BCUT2D eigenvalue weighted by Gasteiger charge is -2.35. The van der Waals surface area contributed by atoms with Gasteiger partial charge >= 0.3 is 6.03 Å². The predicted octanol–water partition coefficient (Wildman–Crippen LogP) is -0.447. The summed E-state index contributed by atoms with van der Waals surface area (Å²) in [5.41, 5.74) is 0. The molecule has 15 heavy (non-hydrogen) atoms. The summed E-state index contributed by atoms with van der Waals surface area (Å²) >= 11 is 0. The van der Waals surface area contributed by atoms with Crippen molar-refractivity contribution in [2.24, 2.45) is 0 Å². The first-order valence-electron chi connectivity index (χ1n) is 5.62. The van der Waals surface area contributed by atoms with Crippen molar-refractivity contribution in [3.63, 3.8) is 0 Å². The molecule has 1 aliphatic heterocycles. The molecular weight excluding hydrogens is 192 g/mol. The molecule has 0 saturated carbocycles. The first-order chi connectivity index (χ1) is 7.29. The molecule has 0 atom stereocenters. The Kier molecular flexibility index (Phi) is 5.42. The van der Waals surface area contributed by atoms with Crippen LogP contribution in [0.2, 0.25) is 0 Å². The lowest BCUT2D eigenvalue weighted by Crippen LogP contribution is -2.52. The number of nitrogens with one attached hydrogen (secondary N) is 2. The molecule has 0 aromatic rings. The van der Waals surface area contributed by atoms with Crippen LogP contribution in [0.1, 0.15) is 6.42 Å². The summed E-state index contributed by atoms with van der Waals surface area (Å²) in [5.74, 6) is 0. The van der Waals surface area contributed by atoms with Crippen molar-refractivity contribution >= 4 is 6.03 Å². The summed E-state index contributed by atoms with van der Waals surface area (Å²) in [4.78, 5) is 15.8. The second-order valence-electron chi connectivity index (χ2n) is 3.82. The molecule has 5 nitrogen and oxygen atoms in total. The summed E-state index contributed by atoms with van der Waals surface area (Å²) in [6, 6.07) is 0.187. The van der Waals surface area contributed by atoms with E-state index in [4.69, 9.17) is 0 Å². The van der Waals surface area contributed by atoms with Crippen LogP contribution in [0, 0.1) is 0 Å². The van der Waals surface area contributed by atoms with Gasteiger partial charge in [-0.1, -0.05) is 0 Å². The Hall–Kier alpha value is -0.810. The zero-order valence-electron chi connectivity index (χ0n) is 9.75. The third-order valence-electron chi connectivity index (χ3n) is 2.66. The van der Waals surface area contributed by atoms with Gasteiger partial charge in [-0.2, -0.15) is 0 Å². The highest BCUT2D eigenvalue weighted by atomic mass is 16.2. The fraction of sp³-hybridized carbons (Fsp3) is 0.900. The smallest absolute Gasteiger partial charge is 0.320 e. The molecule has 5 heteroatoms. The highest BCUT2D eigenvalue weighted by Gasteiger charge is 2.24. The SMILES string of the molecule is CNCCN1CCCN(CCNC)C1=O. The zero-order valence-corrected chi connectivity index (χ0v) is 9.75. The van der Waals surface area contributed by atoms with Crippen LogP contribution in [-0.2, 0) is 0 Å². The Bertz CT molecular complexity index is 180. The number of likely N-dealkylation sites (N-methyl/N-ethyl adjacent to an activating group) is 2. The summed E-state index contributed by atoms with van der Waals surface area (Å²) < 4.78 is 0. The molecule has 0 aromatic heterocycles. The van der Waals surface area contributed by atoms with Crippen molar-refractivity contribution in [3.05, 3.63) is 0 Å². The van der Waals surface area contributed by atoms with E-state index in [1.165, 1.54) is 0 Å². The molecule has 1 fully saturated rings. The van der Waals surface area contributed by atoms with Crippen molar-refractivity contribution in [2.45, 2.75) is 6.42 Å². The molecule has 2 amide bonds. The molecule has 0 bridgehead atoms. The van der Waals surface area contributed by atoms with Gasteiger partial charge in [0, 0.05) is 39.3 Å². The molecule has 0 aromatic carbocycles. The van der Waals surface area contributed by atoms with Crippen LogP contribution in [0.4, 0.5) is 4.79 Å². The monoisotopic (exact) mass is 214 g/mol. The van der Waals surface area contributed by atoms with E-state index in [0.717, 1.165) is 45.7 Å². The number of rotatable bonds is 6. The first kappa shape index (κ1) is 12.3. The third kappa shape index (κ3) is 3.68. The van der Waals surface area contributed by atoms with Gasteiger partial charge in [-0.25, -0.2) is 4.79 Å². The molecule has 1 saturated heterocycles. The van der Waals surface area contributed by atoms with Crippen molar-refractivity contribution in [1.29, 1.82) is 0 Å². The van der Waals surface area contributed by atoms with Crippen LogP contribution >= 0.6 is 0 Å². The van der Waals surface area contributed by atoms with E-state index < -0.39 is 0 Å². The number of urea groups is 1. The quantitative estimate of drug-likeness (QED) is 0.630. The fourth-order valence-electron chi connectivity index (χ4n) is 1.75. The number of nitrogens with zero attached hydrogens (tertiary/aromatic N) is 2. The van der Waals surface area contributed by atoms with E-state index in [0.29, 0.717) is 0 Å². The maximum atomic E-state index is 11.9. The molecule has 2 N–H and O–H groups in total. The van der Waals surface area contributed by atoms with E-state index in [9.17, 15) is 4.79 Å². The molecule has 0 aliphatic carbocycles. The van der Waals surface area contributed by atoms with Gasteiger partial charge in [0.1, 0.15) is 0 Å². The highest BCUT2D eigenvalue weighted by molar-refractivity contribution is 5.75. The Morgan fingerprint density at radius 1 is 1.07 bits per heavy atom. The number of hydrogen-bond donors (Lipinski definition) is 2. The van der Waals surface area contributed by atoms with Crippen LogP contribution in [0.25, 0.3) is 0 Å². The van der Waals surface area contributed by atoms with Crippen LogP contribution in [0.5, 0.6) is 0 Å². The van der Waals surface area contributed by atoms with Crippen molar-refractivity contribution in [2.75, 3.05) is 53.4 Å². The van der Waals surface area contributed by atoms with E-state index in [-0.39, 0.29) is 6.03 Å². The summed E-state index contributed by atoms with van der Waals surface area (Å²) in [6.45, 7) is 5.15. The minimum atomic E-state index is 0.187. The maximum absolute atomic E-state index is 11.9. The van der Waals surface area contributed by atoms with Crippen LogP contribution in [0.3, 0.4) is 0 Å². The van der Waals surface area contributed by atoms with Gasteiger partial charge in [-0.05, 0) is 20.5 Å². The predicted molar refractivity (Wildman–Crippen MR) is 61.0 cm³/mol. The molecule has 1 rings (SSSR count).